The maximum atomic E-state index is 12.8. The van der Waals surface area contributed by atoms with Gasteiger partial charge in [-0.15, -0.1) is 5.10 Å². The number of hydrogen-bond donors (Lipinski definition) is 1. The summed E-state index contributed by atoms with van der Waals surface area (Å²) in [5, 5.41) is 7.57. The first-order valence-corrected chi connectivity index (χ1v) is 10.3. The number of anilines is 1. The van der Waals surface area contributed by atoms with Crippen molar-refractivity contribution in [3.63, 3.8) is 0 Å². The van der Waals surface area contributed by atoms with E-state index in [0.29, 0.717) is 23.7 Å². The van der Waals surface area contributed by atoms with Crippen LogP contribution in [0.4, 0.5) is 10.6 Å². The fraction of sp³-hybridized carbons (Fsp3) is 0.476. The zero-order chi connectivity index (χ0) is 20.5. The first-order valence-electron chi connectivity index (χ1n) is 9.97. The molecule has 7 nitrogen and oxygen atoms in total. The molecule has 154 valence electrons. The van der Waals surface area contributed by atoms with E-state index in [2.05, 4.69) is 28.4 Å². The first-order chi connectivity index (χ1) is 13.9. The molecule has 3 atom stereocenters. The van der Waals surface area contributed by atoms with Crippen LogP contribution in [0.3, 0.4) is 0 Å². The number of halogens is 1. The first kappa shape index (κ1) is 19.9. The third kappa shape index (κ3) is 4.31. The van der Waals surface area contributed by atoms with Crippen LogP contribution >= 0.6 is 11.6 Å². The molecule has 2 heterocycles. The summed E-state index contributed by atoms with van der Waals surface area (Å²) < 4.78 is 1.31. The number of amides is 2. The normalized spacial score (nSPS) is 23.4. The van der Waals surface area contributed by atoms with Gasteiger partial charge in [0.25, 0.3) is 0 Å². The number of aromatic nitrogens is 2. The highest BCUT2D eigenvalue weighted by molar-refractivity contribution is 6.31. The van der Waals surface area contributed by atoms with Crippen LogP contribution in [0, 0.1) is 11.8 Å². The molecule has 1 aromatic carbocycles. The Bertz CT molecular complexity index is 900. The minimum atomic E-state index is -0.203. The summed E-state index contributed by atoms with van der Waals surface area (Å²) in [4.78, 5) is 28.2. The van der Waals surface area contributed by atoms with E-state index in [1.54, 1.807) is 12.3 Å². The molecule has 29 heavy (non-hydrogen) atoms. The molecule has 1 unspecified atom stereocenters. The van der Waals surface area contributed by atoms with E-state index in [9.17, 15) is 9.59 Å². The van der Waals surface area contributed by atoms with E-state index in [0.717, 1.165) is 43.1 Å². The molecule has 1 aliphatic heterocycles. The molecule has 1 aliphatic carbocycles. The van der Waals surface area contributed by atoms with Crippen LogP contribution in [0.25, 0.3) is 0 Å². The number of hydrogen-bond acceptors (Lipinski definition) is 4. The number of benzene rings is 1. The molecule has 8 heteroatoms. The van der Waals surface area contributed by atoms with E-state index in [1.165, 1.54) is 11.6 Å². The Morgan fingerprint density at radius 1 is 1.21 bits per heavy atom. The second-order valence-electron chi connectivity index (χ2n) is 8.17. The Morgan fingerprint density at radius 3 is 2.55 bits per heavy atom. The Morgan fingerprint density at radius 2 is 1.90 bits per heavy atom. The van der Waals surface area contributed by atoms with E-state index in [4.69, 9.17) is 11.6 Å². The molecular weight excluding hydrogens is 390 g/mol. The lowest BCUT2D eigenvalue weighted by molar-refractivity contribution is -0.114. The van der Waals surface area contributed by atoms with E-state index >= 15 is 0 Å². The van der Waals surface area contributed by atoms with Gasteiger partial charge in [0.15, 0.2) is 5.82 Å². The summed E-state index contributed by atoms with van der Waals surface area (Å²) in [6, 6.07) is 10.0. The van der Waals surface area contributed by atoms with Crippen molar-refractivity contribution in [2.45, 2.75) is 32.4 Å². The molecular formula is C21H26ClN5O2. The maximum Gasteiger partial charge on any atom is 0.344 e. The third-order valence-electron chi connectivity index (χ3n) is 6.09. The van der Waals surface area contributed by atoms with Crippen LogP contribution < -0.4 is 5.32 Å². The fourth-order valence-electron chi connectivity index (χ4n) is 4.63. The van der Waals surface area contributed by atoms with Gasteiger partial charge in [-0.3, -0.25) is 9.69 Å². The van der Waals surface area contributed by atoms with Gasteiger partial charge in [0.2, 0.25) is 5.91 Å². The molecule has 2 aromatic rings. The molecule has 1 aromatic heterocycles. The predicted octanol–water partition coefficient (Wildman–Crippen LogP) is 3.31. The molecule has 2 aliphatic rings. The Labute approximate surface area is 175 Å². The summed E-state index contributed by atoms with van der Waals surface area (Å²) in [6.07, 6.45) is 3.78. The highest BCUT2D eigenvalue weighted by Gasteiger charge is 2.43. The highest BCUT2D eigenvalue weighted by Crippen LogP contribution is 2.40. The van der Waals surface area contributed by atoms with Crippen LogP contribution in [-0.4, -0.2) is 57.7 Å². The minimum absolute atomic E-state index is 0.128. The molecule has 0 bridgehead atoms. The molecule has 4 rings (SSSR count). The molecule has 0 radical (unpaired) electrons. The average molecular weight is 416 g/mol. The van der Waals surface area contributed by atoms with Gasteiger partial charge in [-0.2, -0.15) is 4.68 Å². The summed E-state index contributed by atoms with van der Waals surface area (Å²) >= 11 is 6.31. The highest BCUT2D eigenvalue weighted by atomic mass is 35.5. The van der Waals surface area contributed by atoms with Crippen LogP contribution in [0.15, 0.2) is 36.5 Å². The smallest absolute Gasteiger partial charge is 0.322 e. The van der Waals surface area contributed by atoms with Crippen LogP contribution in [-0.2, 0) is 11.3 Å². The van der Waals surface area contributed by atoms with Gasteiger partial charge in [-0.1, -0.05) is 29.8 Å². The van der Waals surface area contributed by atoms with Gasteiger partial charge in [0.1, 0.15) is 0 Å². The largest absolute Gasteiger partial charge is 0.344 e. The summed E-state index contributed by atoms with van der Waals surface area (Å²) in [6.45, 7) is 3.78. The number of carbonyl (C=O) groups is 2. The summed E-state index contributed by atoms with van der Waals surface area (Å²) in [5.41, 5.74) is 1.15. The number of nitrogens with zero attached hydrogens (tertiary/aromatic N) is 4. The second-order valence-corrected chi connectivity index (χ2v) is 8.57. The maximum absolute atomic E-state index is 12.8. The summed E-state index contributed by atoms with van der Waals surface area (Å²) in [5.74, 6) is 1.22. The van der Waals surface area contributed by atoms with Gasteiger partial charge in [0.05, 0.1) is 0 Å². The van der Waals surface area contributed by atoms with E-state index in [1.807, 2.05) is 23.1 Å². The van der Waals surface area contributed by atoms with Crippen LogP contribution in [0.5, 0.6) is 0 Å². The van der Waals surface area contributed by atoms with Crippen molar-refractivity contribution in [1.82, 2.24) is 19.6 Å². The molecule has 1 saturated carbocycles. The molecule has 0 spiro atoms. The van der Waals surface area contributed by atoms with Crippen molar-refractivity contribution in [3.8, 4) is 0 Å². The monoisotopic (exact) mass is 415 g/mol. The molecule has 2 amide bonds. The van der Waals surface area contributed by atoms with Crippen molar-refractivity contribution in [2.75, 3.05) is 25.5 Å². The Balaban J connectivity index is 1.32. The summed E-state index contributed by atoms with van der Waals surface area (Å²) in [7, 11) is 2.16. The van der Waals surface area contributed by atoms with Crippen molar-refractivity contribution >= 4 is 29.4 Å². The van der Waals surface area contributed by atoms with Crippen LogP contribution in [0.1, 0.15) is 25.3 Å². The molecule has 2 fully saturated rings. The number of nitrogens with one attached hydrogen (secondary N) is 1. The molecule has 1 saturated heterocycles. The minimum Gasteiger partial charge on any atom is -0.322 e. The zero-order valence-corrected chi connectivity index (χ0v) is 17.5. The van der Waals surface area contributed by atoms with Gasteiger partial charge in [-0.05, 0) is 43.4 Å². The quantitative estimate of drug-likeness (QED) is 0.831. The van der Waals surface area contributed by atoms with Crippen molar-refractivity contribution < 1.29 is 9.59 Å². The Kier molecular flexibility index (Phi) is 5.61. The standard InChI is InChI=1S/C21H26ClN5O2/c1-14(28)23-20-7-8-27(24-20)21(29)26-12-16-9-18(10-17(16)13-26)25(2)11-15-5-3-4-6-19(15)22/h3-8,16-18H,9-13H2,1-2H3,(H,23,24,28)/t16-,17+,18?. The second kappa shape index (κ2) is 8.16. The lowest BCUT2D eigenvalue weighted by Crippen LogP contribution is -2.36. The number of carbonyl (C=O) groups excluding carboxylic acids is 2. The van der Waals surface area contributed by atoms with Crippen molar-refractivity contribution in [1.29, 1.82) is 0 Å². The molecule has 1 N–H and O–H groups in total. The van der Waals surface area contributed by atoms with E-state index < -0.39 is 0 Å². The lowest BCUT2D eigenvalue weighted by atomic mass is 10.0. The van der Waals surface area contributed by atoms with E-state index in [-0.39, 0.29) is 11.9 Å². The van der Waals surface area contributed by atoms with Crippen molar-refractivity contribution in [2.24, 2.45) is 11.8 Å². The van der Waals surface area contributed by atoms with Crippen LogP contribution in [0.2, 0.25) is 5.02 Å². The zero-order valence-electron chi connectivity index (χ0n) is 16.7. The van der Waals surface area contributed by atoms with Gasteiger partial charge < -0.3 is 10.2 Å². The lowest BCUT2D eigenvalue weighted by Gasteiger charge is -2.26. The SMILES string of the molecule is CC(=O)Nc1ccn(C(=O)N2C[C@H]3CC(N(C)Cc4ccccc4Cl)C[C@H]3C2)n1. The predicted molar refractivity (Wildman–Crippen MR) is 112 cm³/mol. The number of likely N-dealkylation sites (tertiary alicyclic amines) is 1. The number of rotatable bonds is 4. The average Bonchev–Trinajstić information content (AvgIpc) is 3.37. The van der Waals surface area contributed by atoms with Gasteiger partial charge >= 0.3 is 6.03 Å². The third-order valence-corrected chi connectivity index (χ3v) is 6.46. The van der Waals surface area contributed by atoms with Crippen molar-refractivity contribution in [3.05, 3.63) is 47.1 Å². The number of fused-ring (bicyclic) bond motifs is 1. The fourth-order valence-corrected chi connectivity index (χ4v) is 4.83. The Hall–Kier alpha value is -2.38. The topological polar surface area (TPSA) is 70.5 Å². The van der Waals surface area contributed by atoms with Gasteiger partial charge in [-0.25, -0.2) is 4.79 Å². The van der Waals surface area contributed by atoms with Gasteiger partial charge in [0, 0.05) is 49.9 Å².